The zero-order valence-corrected chi connectivity index (χ0v) is 20.7. The molecule has 1 aromatic carbocycles. The number of nitrogens with zero attached hydrogens (tertiary/aromatic N) is 2. The molecule has 9 heteroatoms. The molecule has 1 amide bonds. The number of carbonyl (C=O) groups is 3. The monoisotopic (exact) mass is 502 g/mol. The number of esters is 1. The van der Waals surface area contributed by atoms with Gasteiger partial charge in [-0.3, -0.25) is 14.5 Å². The Morgan fingerprint density at radius 3 is 2.57 bits per heavy atom. The molecule has 2 fully saturated rings. The van der Waals surface area contributed by atoms with Crippen LogP contribution >= 0.6 is 11.6 Å². The largest absolute Gasteiger partial charge is 0.483 e. The second-order valence-electron chi connectivity index (χ2n) is 9.60. The number of halogens is 1. The summed E-state index contributed by atoms with van der Waals surface area (Å²) in [6.45, 7) is 4.55. The molecule has 3 aliphatic heterocycles. The highest BCUT2D eigenvalue weighted by atomic mass is 35.5. The Hall–Kier alpha value is -2.42. The molecule has 1 aromatic rings. The molecule has 4 unspecified atom stereocenters. The van der Waals surface area contributed by atoms with Crippen molar-refractivity contribution in [3.05, 3.63) is 46.7 Å². The highest BCUT2D eigenvalue weighted by Gasteiger charge is 2.52. The minimum absolute atomic E-state index is 0.0346. The van der Waals surface area contributed by atoms with Gasteiger partial charge in [0.05, 0.1) is 43.4 Å². The molecule has 0 radical (unpaired) electrons. The number of rotatable bonds is 6. The number of benzene rings is 1. The van der Waals surface area contributed by atoms with Crippen molar-refractivity contribution >= 4 is 29.3 Å². The number of hydrogen-bond acceptors (Lipinski definition) is 7. The Bertz CT molecular complexity index is 1020. The summed E-state index contributed by atoms with van der Waals surface area (Å²) < 4.78 is 16.4. The lowest BCUT2D eigenvalue weighted by atomic mass is 9.77. The average Bonchev–Trinajstić information content (AvgIpc) is 3.16. The maximum atomic E-state index is 13.7. The van der Waals surface area contributed by atoms with Crippen LogP contribution < -0.4 is 0 Å². The lowest BCUT2D eigenvalue weighted by Crippen LogP contribution is -2.41. The third-order valence-corrected chi connectivity index (χ3v) is 7.90. The van der Waals surface area contributed by atoms with Crippen molar-refractivity contribution in [1.82, 2.24) is 9.80 Å². The summed E-state index contributed by atoms with van der Waals surface area (Å²) in [7, 11) is 1.34. The van der Waals surface area contributed by atoms with Crippen LogP contribution in [0.2, 0.25) is 0 Å². The van der Waals surface area contributed by atoms with Crippen LogP contribution in [0.5, 0.6) is 0 Å². The van der Waals surface area contributed by atoms with Crippen molar-refractivity contribution in [2.75, 3.05) is 46.5 Å². The highest BCUT2D eigenvalue weighted by molar-refractivity contribution is 6.21. The zero-order chi connectivity index (χ0) is 24.5. The molecule has 5 rings (SSSR count). The molecular formula is C26H31ClN2O6. The first-order valence-corrected chi connectivity index (χ1v) is 12.8. The Morgan fingerprint density at radius 2 is 1.86 bits per heavy atom. The molecule has 1 saturated carbocycles. The summed E-state index contributed by atoms with van der Waals surface area (Å²) in [5.41, 5.74) is 1.62. The van der Waals surface area contributed by atoms with Gasteiger partial charge in [-0.05, 0) is 43.4 Å². The number of hydrogen-bond donors (Lipinski definition) is 0. The van der Waals surface area contributed by atoms with Gasteiger partial charge in [-0.25, -0.2) is 4.79 Å². The van der Waals surface area contributed by atoms with Crippen molar-refractivity contribution < 1.29 is 28.6 Å². The summed E-state index contributed by atoms with van der Waals surface area (Å²) in [5.74, 6) is -0.839. The van der Waals surface area contributed by atoms with E-state index in [2.05, 4.69) is 4.90 Å². The number of amides is 1. The Morgan fingerprint density at radius 1 is 1.11 bits per heavy atom. The molecule has 35 heavy (non-hydrogen) atoms. The summed E-state index contributed by atoms with van der Waals surface area (Å²) in [4.78, 5) is 43.3. The third-order valence-electron chi connectivity index (χ3n) is 7.50. The summed E-state index contributed by atoms with van der Waals surface area (Å²) >= 11 is 6.40. The maximum absolute atomic E-state index is 13.7. The van der Waals surface area contributed by atoms with Crippen LogP contribution in [-0.4, -0.2) is 85.4 Å². The minimum atomic E-state index is -0.543. The van der Waals surface area contributed by atoms with Crippen LogP contribution in [0.15, 0.2) is 35.6 Å². The number of methoxy groups -OCH3 is 1. The van der Waals surface area contributed by atoms with Crippen LogP contribution in [0.25, 0.3) is 0 Å². The van der Waals surface area contributed by atoms with Gasteiger partial charge in [0.15, 0.2) is 11.5 Å². The van der Waals surface area contributed by atoms with E-state index in [0.29, 0.717) is 30.5 Å². The molecule has 3 heterocycles. The van der Waals surface area contributed by atoms with Crippen molar-refractivity contribution in [3.8, 4) is 0 Å². The van der Waals surface area contributed by atoms with E-state index in [1.165, 1.54) is 7.11 Å². The van der Waals surface area contributed by atoms with Gasteiger partial charge >= 0.3 is 5.97 Å². The molecule has 1 aliphatic carbocycles. The van der Waals surface area contributed by atoms with Gasteiger partial charge < -0.3 is 19.1 Å². The van der Waals surface area contributed by atoms with Crippen molar-refractivity contribution in [2.24, 2.45) is 5.92 Å². The predicted molar refractivity (Wildman–Crippen MR) is 128 cm³/mol. The van der Waals surface area contributed by atoms with Crippen molar-refractivity contribution in [1.29, 1.82) is 0 Å². The number of Topliss-reactive ketones (excluding diaryl/α,β-unsaturated/α-hetero) is 1. The minimum Gasteiger partial charge on any atom is -0.483 e. The summed E-state index contributed by atoms with van der Waals surface area (Å²) in [5, 5.41) is -0.0644. The average molecular weight is 503 g/mol. The Balaban J connectivity index is 1.43. The number of carbonyl (C=O) groups excluding carboxylic acids is 3. The van der Waals surface area contributed by atoms with Gasteiger partial charge in [-0.1, -0.05) is 12.1 Å². The molecule has 0 bridgehead atoms. The fourth-order valence-corrected chi connectivity index (χ4v) is 5.97. The summed E-state index contributed by atoms with van der Waals surface area (Å²) in [6.07, 6.45) is 2.48. The van der Waals surface area contributed by atoms with Crippen molar-refractivity contribution in [2.45, 2.75) is 43.2 Å². The molecule has 188 valence electrons. The topological polar surface area (TPSA) is 85.4 Å². The molecule has 0 N–H and O–H groups in total. The molecule has 0 aromatic heterocycles. The number of alkyl halides is 1. The van der Waals surface area contributed by atoms with Gasteiger partial charge in [0, 0.05) is 31.6 Å². The van der Waals surface area contributed by atoms with E-state index in [4.69, 9.17) is 25.8 Å². The highest BCUT2D eigenvalue weighted by Crippen LogP contribution is 2.47. The fraction of sp³-hybridized carbons (Fsp3) is 0.577. The van der Waals surface area contributed by atoms with Crippen LogP contribution in [0.4, 0.5) is 0 Å². The molecule has 0 spiro atoms. The maximum Gasteiger partial charge on any atom is 0.337 e. The Kier molecular flexibility index (Phi) is 7.14. The fourth-order valence-electron chi connectivity index (χ4n) is 5.65. The van der Waals surface area contributed by atoms with Gasteiger partial charge in [-0.2, -0.15) is 0 Å². The van der Waals surface area contributed by atoms with Crippen LogP contribution in [0, 0.1) is 5.92 Å². The van der Waals surface area contributed by atoms with Gasteiger partial charge in [0.2, 0.25) is 0 Å². The lowest BCUT2D eigenvalue weighted by molar-refractivity contribution is -0.135. The molecule has 8 nitrogen and oxygen atoms in total. The van der Waals surface area contributed by atoms with E-state index in [0.717, 1.165) is 51.3 Å². The first-order valence-electron chi connectivity index (χ1n) is 12.4. The van der Waals surface area contributed by atoms with Gasteiger partial charge in [0.25, 0.3) is 5.91 Å². The van der Waals surface area contributed by atoms with Crippen molar-refractivity contribution in [3.63, 3.8) is 0 Å². The van der Waals surface area contributed by atoms with Gasteiger partial charge in [0.1, 0.15) is 6.10 Å². The van der Waals surface area contributed by atoms with Gasteiger partial charge in [-0.15, -0.1) is 11.6 Å². The number of morpholine rings is 1. The second-order valence-corrected chi connectivity index (χ2v) is 10.2. The van der Waals surface area contributed by atoms with E-state index in [1.54, 1.807) is 29.2 Å². The quantitative estimate of drug-likeness (QED) is 0.436. The third kappa shape index (κ3) is 4.71. The summed E-state index contributed by atoms with van der Waals surface area (Å²) in [6, 6.07) is 6.38. The van der Waals surface area contributed by atoms with E-state index >= 15 is 0 Å². The second kappa shape index (κ2) is 10.3. The van der Waals surface area contributed by atoms with E-state index in [1.807, 2.05) is 0 Å². The normalized spacial score (nSPS) is 29.0. The first kappa shape index (κ1) is 24.3. The Labute approximate surface area is 210 Å². The first-order chi connectivity index (χ1) is 17.0. The number of ether oxygens (including phenoxy) is 3. The van der Waals surface area contributed by atoms with Crippen LogP contribution in [0.3, 0.4) is 0 Å². The van der Waals surface area contributed by atoms with E-state index in [-0.39, 0.29) is 34.8 Å². The molecule has 4 atom stereocenters. The van der Waals surface area contributed by atoms with E-state index in [9.17, 15) is 14.4 Å². The number of fused-ring (bicyclic) bond motifs is 1. The van der Waals surface area contributed by atoms with Crippen LogP contribution in [0.1, 0.15) is 47.6 Å². The molecule has 1 saturated heterocycles. The van der Waals surface area contributed by atoms with E-state index < -0.39 is 12.0 Å². The van der Waals surface area contributed by atoms with Crippen LogP contribution in [-0.2, 0) is 23.8 Å². The standard InChI is InChI=1S/C26H31ClN2O6/c1-33-26(32)17-5-3-16(4-6-17)22-21-23(30)19-15-18(27)7-8-20(19)35-24(21)25(31)29(22)10-2-9-28-11-13-34-14-12-28/h3-6,18-20,22H,2,7-15H2,1H3. The molecular weight excluding hydrogens is 472 g/mol. The predicted octanol–water partition coefficient (Wildman–Crippen LogP) is 2.71. The lowest BCUT2D eigenvalue weighted by Gasteiger charge is -2.37. The molecule has 4 aliphatic rings. The SMILES string of the molecule is COC(=O)c1ccc(C2C3=C(OC4CCC(Cl)CC4C3=O)C(=O)N2CCCN2CCOCC2)cc1. The zero-order valence-electron chi connectivity index (χ0n) is 19.9. The smallest absolute Gasteiger partial charge is 0.337 e. The number of ketones is 1.